The SMILES string of the molecule is CCCC(=O)N(C)c1cccc(O)c1. The predicted molar refractivity (Wildman–Crippen MR) is 56.4 cm³/mol. The molecule has 3 nitrogen and oxygen atoms in total. The van der Waals surface area contributed by atoms with E-state index in [9.17, 15) is 9.90 Å². The van der Waals surface area contributed by atoms with Gasteiger partial charge in [0.1, 0.15) is 5.75 Å². The quantitative estimate of drug-likeness (QED) is 0.799. The summed E-state index contributed by atoms with van der Waals surface area (Å²) >= 11 is 0. The summed E-state index contributed by atoms with van der Waals surface area (Å²) < 4.78 is 0. The van der Waals surface area contributed by atoms with Gasteiger partial charge in [0.05, 0.1) is 0 Å². The molecule has 0 atom stereocenters. The highest BCUT2D eigenvalue weighted by molar-refractivity contribution is 5.92. The van der Waals surface area contributed by atoms with E-state index in [1.807, 2.05) is 6.92 Å². The van der Waals surface area contributed by atoms with Gasteiger partial charge in [-0.25, -0.2) is 0 Å². The zero-order valence-corrected chi connectivity index (χ0v) is 8.53. The first-order valence-electron chi connectivity index (χ1n) is 4.70. The van der Waals surface area contributed by atoms with Gasteiger partial charge in [-0.15, -0.1) is 0 Å². The lowest BCUT2D eigenvalue weighted by molar-refractivity contribution is -0.118. The van der Waals surface area contributed by atoms with Gasteiger partial charge >= 0.3 is 0 Å². The van der Waals surface area contributed by atoms with Gasteiger partial charge in [-0.2, -0.15) is 0 Å². The van der Waals surface area contributed by atoms with Crippen molar-refractivity contribution in [3.05, 3.63) is 24.3 Å². The van der Waals surface area contributed by atoms with Gasteiger partial charge in [-0.05, 0) is 18.6 Å². The topological polar surface area (TPSA) is 40.5 Å². The van der Waals surface area contributed by atoms with Crippen LogP contribution in [0.25, 0.3) is 0 Å². The molecule has 1 aromatic carbocycles. The van der Waals surface area contributed by atoms with Crippen LogP contribution >= 0.6 is 0 Å². The number of phenols is 1. The molecule has 14 heavy (non-hydrogen) atoms. The smallest absolute Gasteiger partial charge is 0.226 e. The molecule has 1 rings (SSSR count). The van der Waals surface area contributed by atoms with Crippen molar-refractivity contribution in [2.75, 3.05) is 11.9 Å². The van der Waals surface area contributed by atoms with Crippen molar-refractivity contribution in [1.29, 1.82) is 0 Å². The van der Waals surface area contributed by atoms with Crippen LogP contribution in [0.5, 0.6) is 5.75 Å². The van der Waals surface area contributed by atoms with Crippen LogP contribution in [0, 0.1) is 0 Å². The third-order valence-corrected chi connectivity index (χ3v) is 2.06. The third kappa shape index (κ3) is 2.49. The molecule has 0 aliphatic heterocycles. The Kier molecular flexibility index (Phi) is 3.51. The van der Waals surface area contributed by atoms with E-state index in [1.54, 1.807) is 36.2 Å². The van der Waals surface area contributed by atoms with Crippen LogP contribution in [0.1, 0.15) is 19.8 Å². The molecule has 3 heteroatoms. The van der Waals surface area contributed by atoms with Crippen molar-refractivity contribution < 1.29 is 9.90 Å². The van der Waals surface area contributed by atoms with E-state index in [0.29, 0.717) is 6.42 Å². The highest BCUT2D eigenvalue weighted by Gasteiger charge is 2.09. The normalized spacial score (nSPS) is 9.86. The molecule has 0 aliphatic carbocycles. The summed E-state index contributed by atoms with van der Waals surface area (Å²) in [5, 5.41) is 9.24. The Hall–Kier alpha value is -1.51. The fraction of sp³-hybridized carbons (Fsp3) is 0.364. The lowest BCUT2D eigenvalue weighted by atomic mass is 10.2. The molecule has 0 saturated heterocycles. The van der Waals surface area contributed by atoms with E-state index >= 15 is 0 Å². The minimum atomic E-state index is 0.0677. The minimum absolute atomic E-state index is 0.0677. The highest BCUT2D eigenvalue weighted by Crippen LogP contribution is 2.19. The summed E-state index contributed by atoms with van der Waals surface area (Å²) in [4.78, 5) is 13.1. The molecule has 1 N–H and O–H groups in total. The Morgan fingerprint density at radius 3 is 2.79 bits per heavy atom. The lowest BCUT2D eigenvalue weighted by Crippen LogP contribution is -2.25. The van der Waals surface area contributed by atoms with Crippen molar-refractivity contribution in [1.82, 2.24) is 0 Å². The molecule has 0 fully saturated rings. The van der Waals surface area contributed by atoms with Crippen molar-refractivity contribution in [3.63, 3.8) is 0 Å². The van der Waals surface area contributed by atoms with Crippen LogP contribution in [-0.4, -0.2) is 18.1 Å². The van der Waals surface area contributed by atoms with Crippen LogP contribution in [0.15, 0.2) is 24.3 Å². The van der Waals surface area contributed by atoms with Gasteiger partial charge in [0.25, 0.3) is 0 Å². The number of aromatic hydroxyl groups is 1. The summed E-state index contributed by atoms with van der Waals surface area (Å²) in [5.41, 5.74) is 0.725. The van der Waals surface area contributed by atoms with Crippen LogP contribution in [-0.2, 0) is 4.79 Å². The van der Waals surface area contributed by atoms with Gasteiger partial charge in [0.15, 0.2) is 0 Å². The average Bonchev–Trinajstić information content (AvgIpc) is 2.17. The molecule has 0 aliphatic rings. The Morgan fingerprint density at radius 2 is 2.21 bits per heavy atom. The number of hydrogen-bond donors (Lipinski definition) is 1. The Labute approximate surface area is 84.0 Å². The molecule has 0 unspecified atom stereocenters. The third-order valence-electron chi connectivity index (χ3n) is 2.06. The number of phenolic OH excluding ortho intramolecular Hbond substituents is 1. The molecule has 1 amide bonds. The van der Waals surface area contributed by atoms with Crippen molar-refractivity contribution >= 4 is 11.6 Å². The van der Waals surface area contributed by atoms with Crippen LogP contribution in [0.2, 0.25) is 0 Å². The first kappa shape index (κ1) is 10.6. The van der Waals surface area contributed by atoms with E-state index in [-0.39, 0.29) is 11.7 Å². The molecule has 76 valence electrons. The first-order valence-corrected chi connectivity index (χ1v) is 4.70. The van der Waals surface area contributed by atoms with Gasteiger partial charge in [0, 0.05) is 25.2 Å². The standard InChI is InChI=1S/C11H15NO2/c1-3-5-11(14)12(2)9-6-4-7-10(13)8-9/h4,6-8,13H,3,5H2,1-2H3. The van der Waals surface area contributed by atoms with Crippen LogP contribution in [0.3, 0.4) is 0 Å². The Balaban J connectivity index is 2.78. The van der Waals surface area contributed by atoms with Gasteiger partial charge < -0.3 is 10.0 Å². The van der Waals surface area contributed by atoms with Crippen molar-refractivity contribution in [2.24, 2.45) is 0 Å². The van der Waals surface area contributed by atoms with Gasteiger partial charge in [-0.3, -0.25) is 4.79 Å². The first-order chi connectivity index (χ1) is 6.65. The maximum atomic E-state index is 11.5. The zero-order valence-electron chi connectivity index (χ0n) is 8.53. The molecule has 0 aromatic heterocycles. The average molecular weight is 193 g/mol. The monoisotopic (exact) mass is 193 g/mol. The van der Waals surface area contributed by atoms with Crippen LogP contribution < -0.4 is 4.90 Å². The second-order valence-corrected chi connectivity index (χ2v) is 3.22. The fourth-order valence-electron chi connectivity index (χ4n) is 1.23. The highest BCUT2D eigenvalue weighted by atomic mass is 16.3. The Morgan fingerprint density at radius 1 is 1.50 bits per heavy atom. The summed E-state index contributed by atoms with van der Waals surface area (Å²) in [5.74, 6) is 0.247. The number of rotatable bonds is 3. The zero-order chi connectivity index (χ0) is 10.6. The molecule has 0 bridgehead atoms. The second kappa shape index (κ2) is 4.65. The molecular formula is C11H15NO2. The molecular weight excluding hydrogens is 178 g/mol. The number of anilines is 1. The molecule has 0 spiro atoms. The lowest BCUT2D eigenvalue weighted by Gasteiger charge is -2.16. The fourth-order valence-corrected chi connectivity index (χ4v) is 1.23. The van der Waals surface area contributed by atoms with E-state index in [1.165, 1.54) is 0 Å². The minimum Gasteiger partial charge on any atom is -0.508 e. The largest absolute Gasteiger partial charge is 0.508 e. The maximum Gasteiger partial charge on any atom is 0.226 e. The number of carbonyl (C=O) groups excluding carboxylic acids is 1. The van der Waals surface area contributed by atoms with E-state index in [2.05, 4.69) is 0 Å². The number of nitrogens with zero attached hydrogens (tertiary/aromatic N) is 1. The number of carbonyl (C=O) groups is 1. The summed E-state index contributed by atoms with van der Waals surface area (Å²) in [6.45, 7) is 1.97. The summed E-state index contributed by atoms with van der Waals surface area (Å²) in [6.07, 6.45) is 1.37. The molecule has 1 aromatic rings. The van der Waals surface area contributed by atoms with E-state index in [0.717, 1.165) is 12.1 Å². The maximum absolute atomic E-state index is 11.5. The molecule has 0 radical (unpaired) electrons. The van der Waals surface area contributed by atoms with Gasteiger partial charge in [-0.1, -0.05) is 13.0 Å². The number of amides is 1. The van der Waals surface area contributed by atoms with Gasteiger partial charge in [0.2, 0.25) is 5.91 Å². The number of benzene rings is 1. The summed E-state index contributed by atoms with van der Waals surface area (Å²) in [7, 11) is 1.72. The molecule has 0 saturated carbocycles. The Bertz CT molecular complexity index is 323. The second-order valence-electron chi connectivity index (χ2n) is 3.22. The summed E-state index contributed by atoms with van der Waals surface area (Å²) in [6, 6.07) is 6.68. The van der Waals surface area contributed by atoms with Crippen molar-refractivity contribution in [2.45, 2.75) is 19.8 Å². The van der Waals surface area contributed by atoms with Crippen LogP contribution in [0.4, 0.5) is 5.69 Å². The van der Waals surface area contributed by atoms with Crippen molar-refractivity contribution in [3.8, 4) is 5.75 Å². The predicted octanol–water partition coefficient (Wildman–Crippen LogP) is 2.16. The number of hydrogen-bond acceptors (Lipinski definition) is 2. The van der Waals surface area contributed by atoms with E-state index < -0.39 is 0 Å². The van der Waals surface area contributed by atoms with E-state index in [4.69, 9.17) is 0 Å². The molecule has 0 heterocycles.